The van der Waals surface area contributed by atoms with Crippen molar-refractivity contribution in [3.05, 3.63) is 44.8 Å². The third-order valence-corrected chi connectivity index (χ3v) is 5.55. The van der Waals surface area contributed by atoms with Crippen LogP contribution >= 0.6 is 22.7 Å². The van der Waals surface area contributed by atoms with Gasteiger partial charge in [-0.1, -0.05) is 13.0 Å². The summed E-state index contributed by atoms with van der Waals surface area (Å²) in [6.45, 7) is 3.94. The predicted molar refractivity (Wildman–Crippen MR) is 90.5 cm³/mol. The molecule has 3 rings (SSSR count). The molecule has 22 heavy (non-hydrogen) atoms. The van der Waals surface area contributed by atoms with Crippen LogP contribution in [0.25, 0.3) is 0 Å². The number of carbonyl (C=O) groups is 1. The van der Waals surface area contributed by atoms with E-state index in [2.05, 4.69) is 29.8 Å². The largest absolute Gasteiger partial charge is 0.370 e. The predicted octanol–water partition coefficient (Wildman–Crippen LogP) is 4.04. The highest BCUT2D eigenvalue weighted by molar-refractivity contribution is 7.10. The monoisotopic (exact) mass is 336 g/mol. The van der Waals surface area contributed by atoms with E-state index in [1.807, 2.05) is 21.7 Å². The second kappa shape index (κ2) is 7.26. The van der Waals surface area contributed by atoms with Gasteiger partial charge in [0.15, 0.2) is 0 Å². The number of carbonyl (C=O) groups excluding carboxylic acids is 1. The van der Waals surface area contributed by atoms with Crippen molar-refractivity contribution in [1.29, 1.82) is 0 Å². The molecule has 3 heterocycles. The number of urea groups is 1. The SMILES string of the molecule is CC[C@H](NC(=O)N1CCO[C@@H](c2ccsc2)C1)c1cccs1. The first-order valence-corrected chi connectivity index (χ1v) is 9.32. The van der Waals surface area contributed by atoms with E-state index in [9.17, 15) is 4.79 Å². The van der Waals surface area contributed by atoms with Crippen molar-refractivity contribution >= 4 is 28.7 Å². The standard InChI is InChI=1S/C16H20N2O2S2/c1-2-13(15-4-3-8-22-15)17-16(19)18-6-7-20-14(10-18)12-5-9-21-11-12/h3-5,8-9,11,13-14H,2,6-7,10H2,1H3,(H,17,19)/t13-,14+/m0/s1. The van der Waals surface area contributed by atoms with E-state index in [-0.39, 0.29) is 18.2 Å². The van der Waals surface area contributed by atoms with Gasteiger partial charge in [0.2, 0.25) is 0 Å². The maximum atomic E-state index is 12.5. The van der Waals surface area contributed by atoms with Gasteiger partial charge < -0.3 is 15.0 Å². The summed E-state index contributed by atoms with van der Waals surface area (Å²) in [7, 11) is 0. The van der Waals surface area contributed by atoms with Crippen LogP contribution in [-0.4, -0.2) is 30.6 Å². The summed E-state index contributed by atoms with van der Waals surface area (Å²) in [5.74, 6) is 0. The Labute approximate surface area is 138 Å². The fourth-order valence-electron chi connectivity index (χ4n) is 2.60. The second-order valence-corrected chi connectivity index (χ2v) is 7.05. The van der Waals surface area contributed by atoms with Crippen LogP contribution in [0.4, 0.5) is 4.79 Å². The van der Waals surface area contributed by atoms with Crippen LogP contribution in [-0.2, 0) is 4.74 Å². The molecule has 6 heteroatoms. The molecule has 4 nitrogen and oxygen atoms in total. The summed E-state index contributed by atoms with van der Waals surface area (Å²) in [5.41, 5.74) is 1.16. The molecule has 0 radical (unpaired) electrons. The molecular weight excluding hydrogens is 316 g/mol. The quantitative estimate of drug-likeness (QED) is 0.915. The summed E-state index contributed by atoms with van der Waals surface area (Å²) in [6.07, 6.45) is 0.887. The van der Waals surface area contributed by atoms with E-state index >= 15 is 0 Å². The lowest BCUT2D eigenvalue weighted by Gasteiger charge is -2.33. The van der Waals surface area contributed by atoms with Gasteiger partial charge in [0, 0.05) is 11.4 Å². The van der Waals surface area contributed by atoms with Crippen LogP contribution in [0.1, 0.15) is 35.9 Å². The number of nitrogens with one attached hydrogen (secondary N) is 1. The normalized spacial score (nSPS) is 19.9. The van der Waals surface area contributed by atoms with E-state index in [4.69, 9.17) is 4.74 Å². The second-order valence-electron chi connectivity index (χ2n) is 5.29. The summed E-state index contributed by atoms with van der Waals surface area (Å²) in [4.78, 5) is 15.6. The molecule has 1 aliphatic heterocycles. The number of rotatable bonds is 4. The molecule has 2 atom stereocenters. The summed E-state index contributed by atoms with van der Waals surface area (Å²) in [6, 6.07) is 6.26. The molecule has 1 aliphatic rings. The Hall–Kier alpha value is -1.37. The number of nitrogens with zero attached hydrogens (tertiary/aromatic N) is 1. The molecule has 0 bridgehead atoms. The molecule has 1 saturated heterocycles. The number of morpholine rings is 1. The molecule has 1 N–H and O–H groups in total. The highest BCUT2D eigenvalue weighted by atomic mass is 32.1. The van der Waals surface area contributed by atoms with Crippen LogP contribution in [0, 0.1) is 0 Å². The minimum Gasteiger partial charge on any atom is -0.370 e. The first-order chi connectivity index (χ1) is 10.8. The van der Waals surface area contributed by atoms with Crippen LogP contribution in [0.3, 0.4) is 0 Å². The van der Waals surface area contributed by atoms with Crippen molar-refractivity contribution in [3.63, 3.8) is 0 Å². The fourth-order valence-corrected chi connectivity index (χ4v) is 4.16. The lowest BCUT2D eigenvalue weighted by atomic mass is 10.1. The van der Waals surface area contributed by atoms with Gasteiger partial charge in [0.05, 0.1) is 19.2 Å². The Morgan fingerprint density at radius 3 is 3.09 bits per heavy atom. The smallest absolute Gasteiger partial charge is 0.318 e. The van der Waals surface area contributed by atoms with E-state index < -0.39 is 0 Å². The molecule has 0 unspecified atom stereocenters. The van der Waals surface area contributed by atoms with Crippen LogP contribution in [0.2, 0.25) is 0 Å². The average molecular weight is 336 g/mol. The number of amides is 2. The summed E-state index contributed by atoms with van der Waals surface area (Å²) >= 11 is 3.34. The molecule has 0 aliphatic carbocycles. The van der Waals surface area contributed by atoms with Crippen LogP contribution in [0.5, 0.6) is 0 Å². The van der Waals surface area contributed by atoms with Gasteiger partial charge in [-0.25, -0.2) is 4.79 Å². The average Bonchev–Trinajstić information content (AvgIpc) is 3.25. The molecule has 0 saturated carbocycles. The Morgan fingerprint density at radius 1 is 1.50 bits per heavy atom. The fraction of sp³-hybridized carbons (Fsp3) is 0.438. The first kappa shape index (κ1) is 15.5. The number of hydrogen-bond acceptors (Lipinski definition) is 4. The summed E-state index contributed by atoms with van der Waals surface area (Å²) in [5, 5.41) is 9.33. The van der Waals surface area contributed by atoms with Crippen molar-refractivity contribution < 1.29 is 9.53 Å². The van der Waals surface area contributed by atoms with Crippen LogP contribution < -0.4 is 5.32 Å². The zero-order valence-corrected chi connectivity index (χ0v) is 14.2. The van der Waals surface area contributed by atoms with Crippen molar-refractivity contribution in [2.75, 3.05) is 19.7 Å². The Morgan fingerprint density at radius 2 is 2.41 bits per heavy atom. The lowest BCUT2D eigenvalue weighted by molar-refractivity contribution is -0.0155. The molecule has 0 aromatic carbocycles. The number of hydrogen-bond donors (Lipinski definition) is 1. The molecule has 1 fully saturated rings. The maximum Gasteiger partial charge on any atom is 0.318 e. The minimum atomic E-state index is -0.00688. The highest BCUT2D eigenvalue weighted by Gasteiger charge is 2.27. The maximum absolute atomic E-state index is 12.5. The van der Waals surface area contributed by atoms with E-state index in [1.165, 1.54) is 4.88 Å². The van der Waals surface area contributed by atoms with Gasteiger partial charge in [-0.15, -0.1) is 11.3 Å². The molecule has 2 amide bonds. The van der Waals surface area contributed by atoms with Crippen LogP contribution in [0.15, 0.2) is 34.3 Å². The van der Waals surface area contributed by atoms with Gasteiger partial charge in [-0.05, 0) is 40.3 Å². The van der Waals surface area contributed by atoms with Gasteiger partial charge in [-0.3, -0.25) is 0 Å². The number of ether oxygens (including phenoxy) is 1. The third kappa shape index (κ3) is 3.51. The van der Waals surface area contributed by atoms with Gasteiger partial charge in [0.25, 0.3) is 0 Å². The van der Waals surface area contributed by atoms with Crippen molar-refractivity contribution in [2.45, 2.75) is 25.5 Å². The zero-order valence-electron chi connectivity index (χ0n) is 12.5. The van der Waals surface area contributed by atoms with Gasteiger partial charge in [-0.2, -0.15) is 11.3 Å². The van der Waals surface area contributed by atoms with Crippen molar-refractivity contribution in [3.8, 4) is 0 Å². The Bertz CT molecular complexity index is 583. The topological polar surface area (TPSA) is 41.6 Å². The highest BCUT2D eigenvalue weighted by Crippen LogP contribution is 2.25. The minimum absolute atomic E-state index is 0.00350. The molecule has 118 valence electrons. The van der Waals surface area contributed by atoms with E-state index in [0.29, 0.717) is 19.7 Å². The number of thiophene rings is 2. The summed E-state index contributed by atoms with van der Waals surface area (Å²) < 4.78 is 5.79. The molecule has 0 spiro atoms. The van der Waals surface area contributed by atoms with E-state index in [0.717, 1.165) is 12.0 Å². The Balaban J connectivity index is 1.62. The van der Waals surface area contributed by atoms with Crippen molar-refractivity contribution in [1.82, 2.24) is 10.2 Å². The first-order valence-electron chi connectivity index (χ1n) is 7.50. The molecule has 2 aromatic rings. The van der Waals surface area contributed by atoms with Crippen molar-refractivity contribution in [2.24, 2.45) is 0 Å². The van der Waals surface area contributed by atoms with E-state index in [1.54, 1.807) is 22.7 Å². The Kier molecular flexibility index (Phi) is 5.12. The molecular formula is C16H20N2O2S2. The van der Waals surface area contributed by atoms with Gasteiger partial charge in [0.1, 0.15) is 6.10 Å². The zero-order chi connectivity index (χ0) is 15.4. The lowest BCUT2D eigenvalue weighted by Crippen LogP contribution is -2.47. The third-order valence-electron chi connectivity index (χ3n) is 3.86. The molecule has 2 aromatic heterocycles. The van der Waals surface area contributed by atoms with Gasteiger partial charge >= 0.3 is 6.03 Å².